The molecule has 4 aromatic rings. The number of pyridine rings is 1. The second-order valence-corrected chi connectivity index (χ2v) is 6.58. The number of furan rings is 1. The van der Waals surface area contributed by atoms with Gasteiger partial charge in [0.25, 0.3) is 5.89 Å². The van der Waals surface area contributed by atoms with E-state index in [-0.39, 0.29) is 19.1 Å². The maximum Gasteiger partial charge on any atom is 0.263 e. The fourth-order valence-corrected chi connectivity index (χ4v) is 2.90. The second kappa shape index (κ2) is 9.17. The highest BCUT2D eigenvalue weighted by Crippen LogP contribution is 2.30. The Bertz CT molecular complexity index is 1170. The van der Waals surface area contributed by atoms with Gasteiger partial charge >= 0.3 is 0 Å². The van der Waals surface area contributed by atoms with E-state index >= 15 is 0 Å². The lowest BCUT2D eigenvalue weighted by Crippen LogP contribution is -2.02. The maximum absolute atomic E-state index is 11.1. The molecule has 0 aliphatic carbocycles. The lowest BCUT2D eigenvalue weighted by Gasteiger charge is -2.12. The quantitative estimate of drug-likeness (QED) is 0.362. The monoisotopic (exact) mass is 420 g/mol. The molecular formula is C23H20N2O6. The van der Waals surface area contributed by atoms with Gasteiger partial charge in [0.2, 0.25) is 5.88 Å². The highest BCUT2D eigenvalue weighted by molar-refractivity contribution is 5.77. The van der Waals surface area contributed by atoms with Crippen molar-refractivity contribution < 1.29 is 27.8 Å². The molecule has 0 saturated carbocycles. The van der Waals surface area contributed by atoms with Crippen molar-refractivity contribution in [2.45, 2.75) is 20.1 Å². The van der Waals surface area contributed by atoms with Crippen LogP contribution in [0.3, 0.4) is 0 Å². The van der Waals surface area contributed by atoms with Crippen LogP contribution in [0.25, 0.3) is 11.7 Å². The van der Waals surface area contributed by atoms with E-state index in [1.807, 2.05) is 19.1 Å². The van der Waals surface area contributed by atoms with Gasteiger partial charge < -0.3 is 23.0 Å². The first-order valence-corrected chi connectivity index (χ1v) is 9.51. The number of aromatic nitrogens is 2. The van der Waals surface area contributed by atoms with Crippen molar-refractivity contribution in [3.05, 3.63) is 77.5 Å². The average molecular weight is 420 g/mol. The van der Waals surface area contributed by atoms with Crippen LogP contribution in [-0.2, 0) is 13.2 Å². The van der Waals surface area contributed by atoms with Crippen molar-refractivity contribution in [1.29, 1.82) is 0 Å². The number of aryl methyl sites for hydroxylation is 1. The predicted octanol–water partition coefficient (Wildman–Crippen LogP) is 4.62. The summed E-state index contributed by atoms with van der Waals surface area (Å²) in [6, 6.07) is 12.3. The molecule has 0 atom stereocenters. The van der Waals surface area contributed by atoms with E-state index in [1.54, 1.807) is 49.9 Å². The number of oxazole rings is 1. The average Bonchev–Trinajstić information content (AvgIpc) is 3.46. The molecule has 0 fully saturated rings. The molecule has 0 saturated heterocycles. The molecule has 0 unspecified atom stereocenters. The van der Waals surface area contributed by atoms with E-state index in [0.717, 1.165) is 5.56 Å². The Morgan fingerprint density at radius 3 is 2.74 bits per heavy atom. The Morgan fingerprint density at radius 2 is 1.97 bits per heavy atom. The number of hydrogen-bond donors (Lipinski definition) is 0. The molecule has 8 heteroatoms. The molecule has 1 aromatic carbocycles. The third-order valence-electron chi connectivity index (χ3n) is 4.52. The first kappa shape index (κ1) is 20.2. The Kier molecular flexibility index (Phi) is 5.98. The number of carbonyl (C=O) groups is 1. The molecule has 3 aromatic heterocycles. The zero-order chi connectivity index (χ0) is 21.6. The molecule has 158 valence electrons. The summed E-state index contributed by atoms with van der Waals surface area (Å²) in [5, 5.41) is 0. The molecule has 0 aliphatic heterocycles. The number of ether oxygens (including phenoxy) is 3. The molecule has 0 radical (unpaired) electrons. The zero-order valence-corrected chi connectivity index (χ0v) is 17.0. The van der Waals surface area contributed by atoms with Crippen LogP contribution in [0.1, 0.15) is 27.4 Å². The van der Waals surface area contributed by atoms with Crippen molar-refractivity contribution in [2.24, 2.45) is 0 Å². The van der Waals surface area contributed by atoms with Gasteiger partial charge in [-0.15, -0.1) is 0 Å². The molecule has 8 nitrogen and oxygen atoms in total. The molecule has 0 bridgehead atoms. The van der Waals surface area contributed by atoms with Gasteiger partial charge in [-0.3, -0.25) is 4.79 Å². The minimum absolute atomic E-state index is 0.207. The van der Waals surface area contributed by atoms with Gasteiger partial charge in [-0.25, -0.2) is 9.97 Å². The van der Waals surface area contributed by atoms with Crippen molar-refractivity contribution >= 4 is 6.29 Å². The van der Waals surface area contributed by atoms with Gasteiger partial charge in [-0.05, 0) is 48.9 Å². The highest BCUT2D eigenvalue weighted by atomic mass is 16.5. The van der Waals surface area contributed by atoms with Crippen LogP contribution >= 0.6 is 0 Å². The Labute approximate surface area is 178 Å². The third-order valence-corrected chi connectivity index (χ3v) is 4.52. The van der Waals surface area contributed by atoms with Crippen LogP contribution in [0, 0.1) is 6.92 Å². The Hall–Kier alpha value is -4.07. The number of nitrogens with zero attached hydrogens (tertiary/aromatic N) is 2. The number of aldehydes is 1. The van der Waals surface area contributed by atoms with E-state index in [1.165, 1.54) is 0 Å². The van der Waals surface area contributed by atoms with Gasteiger partial charge in [0.05, 0.1) is 18.9 Å². The Balaban J connectivity index is 1.43. The molecule has 4 rings (SSSR count). The van der Waals surface area contributed by atoms with Crippen molar-refractivity contribution in [2.75, 3.05) is 7.11 Å². The third kappa shape index (κ3) is 4.58. The molecular weight excluding hydrogens is 400 g/mol. The minimum atomic E-state index is 0.207. The van der Waals surface area contributed by atoms with Crippen molar-refractivity contribution in [1.82, 2.24) is 9.97 Å². The van der Waals surface area contributed by atoms with Gasteiger partial charge in [0.1, 0.15) is 24.7 Å². The molecule has 0 amide bonds. The summed E-state index contributed by atoms with van der Waals surface area (Å²) in [5.41, 5.74) is 1.90. The standard InChI is InChI=1S/C23H20N2O6/c1-15-18(25-23(31-15)20-6-4-10-28-20)14-29-19-8-7-16(11-21(19)27-2)13-30-22-17(12-26)5-3-9-24-22/h3-12H,13-14H2,1-2H3. The zero-order valence-electron chi connectivity index (χ0n) is 17.0. The SMILES string of the molecule is COc1cc(COc2ncccc2C=O)ccc1OCc1nc(-c2ccco2)oc1C. The Morgan fingerprint density at radius 1 is 1.06 bits per heavy atom. The maximum atomic E-state index is 11.1. The summed E-state index contributed by atoms with van der Waals surface area (Å²) in [5.74, 6) is 3.00. The summed E-state index contributed by atoms with van der Waals surface area (Å²) in [4.78, 5) is 19.6. The van der Waals surface area contributed by atoms with E-state index < -0.39 is 0 Å². The van der Waals surface area contributed by atoms with Crippen LogP contribution in [0.2, 0.25) is 0 Å². The van der Waals surface area contributed by atoms with Crippen molar-refractivity contribution in [3.8, 4) is 29.0 Å². The summed E-state index contributed by atoms with van der Waals surface area (Å²) in [6.07, 6.45) is 3.85. The first-order chi connectivity index (χ1) is 15.2. The smallest absolute Gasteiger partial charge is 0.263 e. The normalized spacial score (nSPS) is 10.6. The summed E-state index contributed by atoms with van der Waals surface area (Å²) in [6.45, 7) is 2.25. The number of benzene rings is 1. The van der Waals surface area contributed by atoms with Gasteiger partial charge in [-0.2, -0.15) is 0 Å². The fourth-order valence-electron chi connectivity index (χ4n) is 2.90. The largest absolute Gasteiger partial charge is 0.493 e. The number of methoxy groups -OCH3 is 1. The highest BCUT2D eigenvalue weighted by Gasteiger charge is 2.15. The lowest BCUT2D eigenvalue weighted by molar-refractivity contribution is 0.111. The fraction of sp³-hybridized carbons (Fsp3) is 0.174. The number of carbonyl (C=O) groups excluding carboxylic acids is 1. The van der Waals surface area contributed by atoms with E-state index in [4.69, 9.17) is 23.0 Å². The van der Waals surface area contributed by atoms with Crippen LogP contribution < -0.4 is 14.2 Å². The van der Waals surface area contributed by atoms with Crippen LogP contribution in [0.15, 0.2) is 63.8 Å². The topological polar surface area (TPSA) is 96.8 Å². The predicted molar refractivity (Wildman–Crippen MR) is 110 cm³/mol. The molecule has 0 N–H and O–H groups in total. The molecule has 3 heterocycles. The van der Waals surface area contributed by atoms with E-state index in [9.17, 15) is 4.79 Å². The van der Waals surface area contributed by atoms with Crippen molar-refractivity contribution in [3.63, 3.8) is 0 Å². The van der Waals surface area contributed by atoms with E-state index in [2.05, 4.69) is 9.97 Å². The minimum Gasteiger partial charge on any atom is -0.493 e. The second-order valence-electron chi connectivity index (χ2n) is 6.58. The number of rotatable bonds is 9. The summed E-state index contributed by atoms with van der Waals surface area (Å²) in [7, 11) is 1.56. The molecule has 31 heavy (non-hydrogen) atoms. The van der Waals surface area contributed by atoms with Gasteiger partial charge in [0, 0.05) is 6.20 Å². The first-order valence-electron chi connectivity index (χ1n) is 9.51. The summed E-state index contributed by atoms with van der Waals surface area (Å²) >= 11 is 0. The van der Waals surface area contributed by atoms with Crippen LogP contribution in [-0.4, -0.2) is 23.4 Å². The van der Waals surface area contributed by atoms with Crippen LogP contribution in [0.5, 0.6) is 17.4 Å². The molecule has 0 spiro atoms. The number of hydrogen-bond acceptors (Lipinski definition) is 8. The van der Waals surface area contributed by atoms with E-state index in [0.29, 0.717) is 46.5 Å². The lowest BCUT2D eigenvalue weighted by atomic mass is 10.2. The van der Waals surface area contributed by atoms with Gasteiger partial charge in [-0.1, -0.05) is 6.07 Å². The van der Waals surface area contributed by atoms with Crippen LogP contribution in [0.4, 0.5) is 0 Å². The summed E-state index contributed by atoms with van der Waals surface area (Å²) < 4.78 is 28.0. The van der Waals surface area contributed by atoms with Gasteiger partial charge in [0.15, 0.2) is 23.5 Å². The molecule has 0 aliphatic rings.